The molecule has 0 atom stereocenters. The van der Waals surface area contributed by atoms with Gasteiger partial charge in [0.2, 0.25) is 5.91 Å². The normalized spacial score (nSPS) is 14.1. The average molecular weight is 389 g/mol. The van der Waals surface area contributed by atoms with E-state index in [1.54, 1.807) is 6.20 Å². The van der Waals surface area contributed by atoms with Crippen molar-refractivity contribution in [2.24, 2.45) is 0 Å². The molecule has 150 valence electrons. The monoisotopic (exact) mass is 389 g/mol. The number of rotatable bonds is 8. The van der Waals surface area contributed by atoms with Crippen LogP contribution in [0.5, 0.6) is 5.75 Å². The van der Waals surface area contributed by atoms with Crippen molar-refractivity contribution < 1.29 is 9.53 Å². The van der Waals surface area contributed by atoms with E-state index in [1.165, 1.54) is 12.8 Å². The Balaban J connectivity index is 1.29. The molecule has 2 aromatic carbocycles. The van der Waals surface area contributed by atoms with Crippen LogP contribution in [0.4, 0.5) is 5.69 Å². The molecular formula is C24H27N3O2. The van der Waals surface area contributed by atoms with E-state index >= 15 is 0 Å². The number of hydrogen-bond donors (Lipinski definition) is 1. The minimum atomic E-state index is 0.0170. The molecule has 1 aliphatic carbocycles. The molecule has 1 aromatic heterocycles. The van der Waals surface area contributed by atoms with Gasteiger partial charge in [0.1, 0.15) is 5.75 Å². The average Bonchev–Trinajstić information content (AvgIpc) is 3.41. The Morgan fingerprint density at radius 2 is 1.90 bits per heavy atom. The number of carbonyl (C=O) groups is 1. The first-order chi connectivity index (χ1) is 14.2. The number of hydrogen-bond acceptors (Lipinski definition) is 3. The third kappa shape index (κ3) is 5.70. The summed E-state index contributed by atoms with van der Waals surface area (Å²) in [5.74, 6) is 0.935. The Hall–Kier alpha value is -3.08. The van der Waals surface area contributed by atoms with Gasteiger partial charge in [-0.2, -0.15) is 5.10 Å². The summed E-state index contributed by atoms with van der Waals surface area (Å²) < 4.78 is 7.93. The SMILES string of the molecule is O=C(CCc1cccc(OC2CCCC2)c1)Nc1cccc(Cn2cccn2)c1. The predicted octanol–water partition coefficient (Wildman–Crippen LogP) is 4.82. The van der Waals surface area contributed by atoms with Gasteiger partial charge in [0.05, 0.1) is 12.6 Å². The van der Waals surface area contributed by atoms with Crippen LogP contribution in [0.1, 0.15) is 43.2 Å². The van der Waals surface area contributed by atoms with Crippen LogP contribution in [-0.4, -0.2) is 21.8 Å². The largest absolute Gasteiger partial charge is 0.490 e. The number of amides is 1. The first kappa shape index (κ1) is 19.2. The van der Waals surface area contributed by atoms with Crippen molar-refractivity contribution in [3.8, 4) is 5.75 Å². The van der Waals surface area contributed by atoms with Crippen molar-refractivity contribution in [2.75, 3.05) is 5.32 Å². The Labute approximate surface area is 171 Å². The molecule has 4 rings (SSSR count). The van der Waals surface area contributed by atoms with Crippen molar-refractivity contribution in [1.29, 1.82) is 0 Å². The van der Waals surface area contributed by atoms with Gasteiger partial charge < -0.3 is 10.1 Å². The maximum Gasteiger partial charge on any atom is 0.224 e. The van der Waals surface area contributed by atoms with Gasteiger partial charge in [-0.1, -0.05) is 24.3 Å². The van der Waals surface area contributed by atoms with Gasteiger partial charge in [0.15, 0.2) is 0 Å². The fraction of sp³-hybridized carbons (Fsp3) is 0.333. The maximum absolute atomic E-state index is 12.4. The zero-order valence-corrected chi connectivity index (χ0v) is 16.6. The quantitative estimate of drug-likeness (QED) is 0.601. The highest BCUT2D eigenvalue weighted by Crippen LogP contribution is 2.25. The molecule has 1 aliphatic rings. The third-order valence-corrected chi connectivity index (χ3v) is 5.26. The lowest BCUT2D eigenvalue weighted by Gasteiger charge is -2.14. The van der Waals surface area contributed by atoms with Gasteiger partial charge >= 0.3 is 0 Å². The first-order valence-corrected chi connectivity index (χ1v) is 10.4. The molecule has 1 saturated carbocycles. The number of aromatic nitrogens is 2. The van der Waals surface area contributed by atoms with Crippen molar-refractivity contribution in [2.45, 2.75) is 51.2 Å². The number of aryl methyl sites for hydroxylation is 1. The molecule has 0 radical (unpaired) electrons. The van der Waals surface area contributed by atoms with E-state index < -0.39 is 0 Å². The summed E-state index contributed by atoms with van der Waals surface area (Å²) in [7, 11) is 0. The van der Waals surface area contributed by atoms with Crippen molar-refractivity contribution >= 4 is 11.6 Å². The molecule has 1 amide bonds. The summed E-state index contributed by atoms with van der Waals surface area (Å²) in [5, 5.41) is 7.23. The molecule has 3 aromatic rings. The first-order valence-electron chi connectivity index (χ1n) is 10.4. The lowest BCUT2D eigenvalue weighted by atomic mass is 10.1. The number of carbonyl (C=O) groups excluding carboxylic acids is 1. The standard InChI is InChI=1S/C24H27N3O2/c28-24(26-21-8-3-7-20(16-21)18-27-15-5-14-25-27)13-12-19-6-4-11-23(17-19)29-22-9-1-2-10-22/h3-8,11,14-17,22H,1-2,9-10,12-13,18H2,(H,26,28). The van der Waals surface area contributed by atoms with Crippen LogP contribution >= 0.6 is 0 Å². The van der Waals surface area contributed by atoms with Gasteiger partial charge in [-0.15, -0.1) is 0 Å². The smallest absolute Gasteiger partial charge is 0.224 e. The molecule has 0 aliphatic heterocycles. The van der Waals surface area contributed by atoms with Gasteiger partial charge in [-0.25, -0.2) is 0 Å². The van der Waals surface area contributed by atoms with Crippen molar-refractivity contribution in [3.05, 3.63) is 78.1 Å². The molecular weight excluding hydrogens is 362 g/mol. The molecule has 0 bridgehead atoms. The van der Waals surface area contributed by atoms with Crippen LogP contribution in [0.25, 0.3) is 0 Å². The lowest BCUT2D eigenvalue weighted by molar-refractivity contribution is -0.116. The highest BCUT2D eigenvalue weighted by Gasteiger charge is 2.16. The van der Waals surface area contributed by atoms with Gasteiger partial charge in [0.25, 0.3) is 0 Å². The molecule has 1 fully saturated rings. The van der Waals surface area contributed by atoms with Gasteiger partial charge in [-0.05, 0) is 73.6 Å². The minimum absolute atomic E-state index is 0.0170. The van der Waals surface area contributed by atoms with Crippen LogP contribution in [0.2, 0.25) is 0 Å². The fourth-order valence-corrected chi connectivity index (χ4v) is 3.78. The summed E-state index contributed by atoms with van der Waals surface area (Å²) in [6.07, 6.45) is 9.98. The third-order valence-electron chi connectivity index (χ3n) is 5.26. The Kier molecular flexibility index (Phi) is 6.25. The molecule has 1 heterocycles. The number of nitrogens with one attached hydrogen (secondary N) is 1. The lowest BCUT2D eigenvalue weighted by Crippen LogP contribution is -2.13. The maximum atomic E-state index is 12.4. The number of anilines is 1. The summed E-state index contributed by atoms with van der Waals surface area (Å²) in [5.41, 5.74) is 3.05. The zero-order chi connectivity index (χ0) is 19.9. The minimum Gasteiger partial charge on any atom is -0.490 e. The second-order valence-corrected chi connectivity index (χ2v) is 7.62. The predicted molar refractivity (Wildman–Crippen MR) is 114 cm³/mol. The topological polar surface area (TPSA) is 56.1 Å². The Morgan fingerprint density at radius 1 is 1.07 bits per heavy atom. The van der Waals surface area contributed by atoms with Gasteiger partial charge in [0, 0.05) is 24.5 Å². The van der Waals surface area contributed by atoms with E-state index in [0.29, 0.717) is 25.5 Å². The Bertz CT molecular complexity index is 931. The second-order valence-electron chi connectivity index (χ2n) is 7.62. The van der Waals surface area contributed by atoms with E-state index in [-0.39, 0.29) is 5.91 Å². The van der Waals surface area contributed by atoms with Crippen LogP contribution in [0, 0.1) is 0 Å². The molecule has 5 heteroatoms. The molecule has 0 unspecified atom stereocenters. The highest BCUT2D eigenvalue weighted by atomic mass is 16.5. The highest BCUT2D eigenvalue weighted by molar-refractivity contribution is 5.90. The van der Waals surface area contributed by atoms with E-state index in [0.717, 1.165) is 35.4 Å². The Morgan fingerprint density at radius 3 is 2.72 bits per heavy atom. The van der Waals surface area contributed by atoms with Crippen LogP contribution in [0.15, 0.2) is 67.0 Å². The molecule has 0 saturated heterocycles. The van der Waals surface area contributed by atoms with E-state index in [4.69, 9.17) is 4.74 Å². The van der Waals surface area contributed by atoms with Crippen molar-refractivity contribution in [1.82, 2.24) is 9.78 Å². The van der Waals surface area contributed by atoms with E-state index in [1.807, 2.05) is 53.3 Å². The second kappa shape index (κ2) is 9.41. The van der Waals surface area contributed by atoms with Crippen LogP contribution in [0.3, 0.4) is 0 Å². The molecule has 5 nitrogen and oxygen atoms in total. The molecule has 29 heavy (non-hydrogen) atoms. The number of benzene rings is 2. The fourth-order valence-electron chi connectivity index (χ4n) is 3.78. The van der Waals surface area contributed by atoms with Crippen LogP contribution in [-0.2, 0) is 17.8 Å². The number of ether oxygens (including phenoxy) is 1. The number of nitrogens with zero attached hydrogens (tertiary/aromatic N) is 2. The van der Waals surface area contributed by atoms with E-state index in [2.05, 4.69) is 22.5 Å². The summed E-state index contributed by atoms with van der Waals surface area (Å²) in [6, 6.07) is 17.9. The van der Waals surface area contributed by atoms with E-state index in [9.17, 15) is 4.79 Å². The summed E-state index contributed by atoms with van der Waals surface area (Å²) in [4.78, 5) is 12.4. The summed E-state index contributed by atoms with van der Waals surface area (Å²) in [6.45, 7) is 0.685. The zero-order valence-electron chi connectivity index (χ0n) is 16.6. The van der Waals surface area contributed by atoms with Crippen LogP contribution < -0.4 is 10.1 Å². The molecule has 0 spiro atoms. The van der Waals surface area contributed by atoms with Crippen molar-refractivity contribution in [3.63, 3.8) is 0 Å². The molecule has 1 N–H and O–H groups in total. The van der Waals surface area contributed by atoms with Gasteiger partial charge in [-0.3, -0.25) is 9.48 Å². The summed E-state index contributed by atoms with van der Waals surface area (Å²) >= 11 is 0.